The number of nitrogens with zero attached hydrogens (tertiary/aromatic N) is 1. The smallest absolute Gasteiger partial charge is 0.329 e. The molecule has 0 heterocycles. The molecule has 2 atom stereocenters. The van der Waals surface area contributed by atoms with Crippen LogP contribution in [0.2, 0.25) is 0 Å². The molecule has 0 saturated heterocycles. The molecule has 6 heteroatoms. The second-order valence-electron chi connectivity index (χ2n) is 4.84. The lowest BCUT2D eigenvalue weighted by Gasteiger charge is -2.32. The first-order chi connectivity index (χ1) is 9.31. The third kappa shape index (κ3) is 4.40. The number of nitrogens with two attached hydrogens (primary N) is 1. The maximum atomic E-state index is 12.8. The minimum Gasteiger partial charge on any atom is -0.329 e. The summed E-state index contributed by atoms with van der Waals surface area (Å²) in [4.78, 5) is 2.03. The molecule has 0 radical (unpaired) electrons. The summed E-state index contributed by atoms with van der Waals surface area (Å²) in [5.74, 6) is 0.909. The van der Waals surface area contributed by atoms with E-state index in [9.17, 15) is 13.2 Å². The lowest BCUT2D eigenvalue weighted by Crippen LogP contribution is -2.38. The number of benzene rings is 1. The van der Waals surface area contributed by atoms with Crippen molar-refractivity contribution in [3.63, 3.8) is 0 Å². The molecule has 1 rings (SSSR count). The van der Waals surface area contributed by atoms with Crippen LogP contribution in [0.4, 0.5) is 13.2 Å². The first-order valence-electron chi connectivity index (χ1n) is 6.39. The van der Waals surface area contributed by atoms with Crippen LogP contribution in [0.15, 0.2) is 24.3 Å². The van der Waals surface area contributed by atoms with Crippen molar-refractivity contribution >= 4 is 11.8 Å². The van der Waals surface area contributed by atoms with Gasteiger partial charge in [0.05, 0.1) is 5.56 Å². The number of rotatable bonds is 6. The standard InChI is InChI=1S/C14H21F3N2S/c1-10(9-20-3)19(2)13(8-18)11-5-4-6-12(7-11)14(15,16)17/h4-7,10,13H,8-9,18H2,1-3H3. The van der Waals surface area contributed by atoms with Crippen molar-refractivity contribution in [2.45, 2.75) is 25.2 Å². The molecule has 0 aromatic heterocycles. The molecule has 0 bridgehead atoms. The zero-order valence-corrected chi connectivity index (χ0v) is 12.8. The Morgan fingerprint density at radius 3 is 2.50 bits per heavy atom. The fourth-order valence-electron chi connectivity index (χ4n) is 2.13. The molecule has 0 aliphatic heterocycles. The largest absolute Gasteiger partial charge is 0.416 e. The van der Waals surface area contributed by atoms with Crippen LogP contribution >= 0.6 is 11.8 Å². The Bertz CT molecular complexity index is 423. The molecule has 1 aromatic rings. The van der Waals surface area contributed by atoms with Crippen molar-refractivity contribution in [2.75, 3.05) is 25.6 Å². The Balaban J connectivity index is 3.01. The molecule has 0 amide bonds. The van der Waals surface area contributed by atoms with Gasteiger partial charge in [0.25, 0.3) is 0 Å². The third-order valence-electron chi connectivity index (χ3n) is 3.42. The highest BCUT2D eigenvalue weighted by Crippen LogP contribution is 2.32. The zero-order valence-electron chi connectivity index (χ0n) is 11.9. The van der Waals surface area contributed by atoms with Gasteiger partial charge in [-0.1, -0.05) is 12.1 Å². The molecule has 0 saturated carbocycles. The van der Waals surface area contributed by atoms with Crippen LogP contribution < -0.4 is 5.73 Å². The molecule has 114 valence electrons. The van der Waals surface area contributed by atoms with E-state index in [0.29, 0.717) is 5.56 Å². The first kappa shape index (κ1) is 17.3. The SMILES string of the molecule is CSCC(C)N(C)C(CN)c1cccc(C(F)(F)F)c1. The van der Waals surface area contributed by atoms with E-state index in [2.05, 4.69) is 0 Å². The highest BCUT2D eigenvalue weighted by molar-refractivity contribution is 7.98. The Morgan fingerprint density at radius 2 is 2.00 bits per heavy atom. The van der Waals surface area contributed by atoms with Gasteiger partial charge in [-0.15, -0.1) is 0 Å². The normalized spacial score (nSPS) is 15.4. The summed E-state index contributed by atoms with van der Waals surface area (Å²) in [6.07, 6.45) is -2.31. The van der Waals surface area contributed by atoms with Crippen LogP contribution in [0.25, 0.3) is 0 Å². The molecule has 20 heavy (non-hydrogen) atoms. The molecule has 1 aromatic carbocycles. The minimum absolute atomic E-state index is 0.209. The van der Waals surface area contributed by atoms with Gasteiger partial charge < -0.3 is 5.73 Å². The highest BCUT2D eigenvalue weighted by atomic mass is 32.2. The number of thioether (sulfide) groups is 1. The third-order valence-corrected chi connectivity index (χ3v) is 4.23. The Kier molecular flexibility index (Phi) is 6.36. The average molecular weight is 306 g/mol. The van der Waals surface area contributed by atoms with Crippen molar-refractivity contribution in [2.24, 2.45) is 5.73 Å². The molecule has 0 fully saturated rings. The second-order valence-corrected chi connectivity index (χ2v) is 5.76. The Hall–Kier alpha value is -0.720. The van der Waals surface area contributed by atoms with Crippen LogP contribution in [-0.4, -0.2) is 36.5 Å². The van der Waals surface area contributed by atoms with Crippen LogP contribution in [0.1, 0.15) is 24.1 Å². The molecular formula is C14H21F3N2S. The van der Waals surface area contributed by atoms with Crippen molar-refractivity contribution in [1.29, 1.82) is 0 Å². The number of hydrogen-bond donors (Lipinski definition) is 1. The predicted molar refractivity (Wildman–Crippen MR) is 78.8 cm³/mol. The van der Waals surface area contributed by atoms with Crippen molar-refractivity contribution in [3.05, 3.63) is 35.4 Å². The average Bonchev–Trinajstić information content (AvgIpc) is 2.39. The maximum Gasteiger partial charge on any atom is 0.416 e. The van der Waals surface area contributed by atoms with Crippen LogP contribution in [0, 0.1) is 0 Å². The molecule has 0 aliphatic carbocycles. The molecule has 2 N–H and O–H groups in total. The fraction of sp³-hybridized carbons (Fsp3) is 0.571. The summed E-state index contributed by atoms with van der Waals surface area (Å²) < 4.78 is 38.3. The zero-order chi connectivity index (χ0) is 15.3. The quantitative estimate of drug-likeness (QED) is 0.873. The summed E-state index contributed by atoms with van der Waals surface area (Å²) in [5, 5.41) is 0. The van der Waals surface area contributed by atoms with Gasteiger partial charge in [-0.05, 0) is 37.9 Å². The number of alkyl halides is 3. The molecule has 2 nitrogen and oxygen atoms in total. The van der Waals surface area contributed by atoms with Crippen LogP contribution in [-0.2, 0) is 6.18 Å². The lowest BCUT2D eigenvalue weighted by molar-refractivity contribution is -0.137. The highest BCUT2D eigenvalue weighted by Gasteiger charge is 2.31. The van der Waals surface area contributed by atoms with Gasteiger partial charge in [-0.3, -0.25) is 4.90 Å². The summed E-state index contributed by atoms with van der Waals surface area (Å²) in [6.45, 7) is 2.34. The maximum absolute atomic E-state index is 12.8. The second kappa shape index (κ2) is 7.33. The molecular weight excluding hydrogens is 285 g/mol. The van der Waals surface area contributed by atoms with Gasteiger partial charge in [0.2, 0.25) is 0 Å². The van der Waals surface area contributed by atoms with E-state index in [-0.39, 0.29) is 18.6 Å². The number of hydrogen-bond acceptors (Lipinski definition) is 3. The fourth-order valence-corrected chi connectivity index (χ4v) is 2.84. The van der Waals surface area contributed by atoms with E-state index < -0.39 is 11.7 Å². The predicted octanol–water partition coefficient (Wildman–Crippen LogP) is 3.39. The van der Waals surface area contributed by atoms with E-state index in [0.717, 1.165) is 11.8 Å². The van der Waals surface area contributed by atoms with E-state index in [4.69, 9.17) is 5.73 Å². The monoisotopic (exact) mass is 306 g/mol. The Morgan fingerprint density at radius 1 is 1.35 bits per heavy atom. The van der Waals surface area contributed by atoms with Gasteiger partial charge in [-0.25, -0.2) is 0 Å². The van der Waals surface area contributed by atoms with Gasteiger partial charge in [-0.2, -0.15) is 24.9 Å². The number of halogens is 3. The lowest BCUT2D eigenvalue weighted by atomic mass is 10.0. The summed E-state index contributed by atoms with van der Waals surface area (Å²) in [5.41, 5.74) is 5.75. The van der Waals surface area contributed by atoms with E-state index in [1.54, 1.807) is 17.8 Å². The molecule has 2 unspecified atom stereocenters. The summed E-state index contributed by atoms with van der Waals surface area (Å²) in [6, 6.07) is 5.46. The van der Waals surface area contributed by atoms with E-state index in [1.165, 1.54) is 12.1 Å². The van der Waals surface area contributed by atoms with Crippen LogP contribution in [0.3, 0.4) is 0 Å². The topological polar surface area (TPSA) is 29.3 Å². The Labute approximate surface area is 122 Å². The molecule has 0 aliphatic rings. The van der Waals surface area contributed by atoms with Crippen LogP contribution in [0.5, 0.6) is 0 Å². The van der Waals surface area contributed by atoms with Crippen molar-refractivity contribution < 1.29 is 13.2 Å². The van der Waals surface area contributed by atoms with Gasteiger partial charge in [0, 0.05) is 24.4 Å². The number of likely N-dealkylation sites (N-methyl/N-ethyl adjacent to an activating group) is 1. The first-order valence-corrected chi connectivity index (χ1v) is 7.78. The van der Waals surface area contributed by atoms with Gasteiger partial charge in [0.15, 0.2) is 0 Å². The van der Waals surface area contributed by atoms with Gasteiger partial charge >= 0.3 is 6.18 Å². The van der Waals surface area contributed by atoms with E-state index in [1.807, 2.05) is 25.1 Å². The minimum atomic E-state index is -4.32. The van der Waals surface area contributed by atoms with Gasteiger partial charge in [0.1, 0.15) is 0 Å². The summed E-state index contributed by atoms with van der Waals surface area (Å²) >= 11 is 1.71. The van der Waals surface area contributed by atoms with Crippen molar-refractivity contribution in [3.8, 4) is 0 Å². The summed E-state index contributed by atoms with van der Waals surface area (Å²) in [7, 11) is 1.90. The van der Waals surface area contributed by atoms with E-state index >= 15 is 0 Å². The molecule has 0 spiro atoms. The van der Waals surface area contributed by atoms with Crippen molar-refractivity contribution in [1.82, 2.24) is 4.90 Å².